The Morgan fingerprint density at radius 2 is 2.24 bits per heavy atom. The van der Waals surface area contributed by atoms with Gasteiger partial charge in [-0.1, -0.05) is 0 Å². The van der Waals surface area contributed by atoms with E-state index < -0.39 is 50.3 Å². The van der Waals surface area contributed by atoms with E-state index in [0.717, 1.165) is 12.3 Å². The first-order chi connectivity index (χ1) is 9.65. The van der Waals surface area contributed by atoms with Gasteiger partial charge in [0.1, 0.15) is 0 Å². The van der Waals surface area contributed by atoms with Crippen molar-refractivity contribution in [1.29, 1.82) is 0 Å². The number of halogens is 1. The van der Waals surface area contributed by atoms with Crippen molar-refractivity contribution in [2.45, 2.75) is 24.6 Å². The third-order valence-electron chi connectivity index (χ3n) is 2.83. The molecule has 1 aliphatic heterocycles. The number of aromatic nitrogens is 2. The average molecular weight is 326 g/mol. The highest BCUT2D eigenvalue weighted by Crippen LogP contribution is 2.47. The molecule has 4 N–H and O–H groups in total. The first-order valence-corrected chi connectivity index (χ1v) is 7.23. The van der Waals surface area contributed by atoms with E-state index in [0.29, 0.717) is 4.57 Å². The molecule has 2 heterocycles. The number of aliphatic hydroxyl groups excluding tert-OH is 1. The molecule has 1 saturated heterocycles. The second kappa shape index (κ2) is 5.44. The van der Waals surface area contributed by atoms with E-state index in [2.05, 4.69) is 4.52 Å². The van der Waals surface area contributed by atoms with E-state index in [-0.39, 0.29) is 0 Å². The first kappa shape index (κ1) is 16.0. The Balaban J connectivity index is 2.47. The van der Waals surface area contributed by atoms with Gasteiger partial charge in [0.15, 0.2) is 6.10 Å². The zero-order valence-corrected chi connectivity index (χ0v) is 11.3. The summed E-state index contributed by atoms with van der Waals surface area (Å²) in [6.45, 7) is -0.648. The number of hydrogen-bond donors (Lipinski definition) is 4. The fourth-order valence-corrected chi connectivity index (χ4v) is 2.54. The molecule has 1 aromatic rings. The standard InChI is InChI=1S/C9H12FN2O8P/c10-9(12-2-1-7(14)11-8(12)15)6(20-21(16,17)18)3-5(4-13)19-9/h1-2,5-6,13H,3-4H2,(H,11,14,15)(H2,16,17,18)/t5-,6+,9-/m0/s1. The number of rotatable bonds is 4. The molecule has 0 radical (unpaired) electrons. The largest absolute Gasteiger partial charge is 0.470 e. The maximum atomic E-state index is 14.9. The van der Waals surface area contributed by atoms with Crippen molar-refractivity contribution in [2.75, 3.05) is 6.61 Å². The highest BCUT2D eigenvalue weighted by molar-refractivity contribution is 7.46. The van der Waals surface area contributed by atoms with Gasteiger partial charge in [-0.2, -0.15) is 4.39 Å². The highest BCUT2D eigenvalue weighted by atomic mass is 31.2. The summed E-state index contributed by atoms with van der Waals surface area (Å²) in [6.07, 6.45) is -2.62. The number of ether oxygens (including phenoxy) is 1. The molecule has 12 heteroatoms. The van der Waals surface area contributed by atoms with Crippen LogP contribution in [-0.2, 0) is 19.8 Å². The number of phosphoric acid groups is 1. The van der Waals surface area contributed by atoms with Gasteiger partial charge in [-0.3, -0.25) is 14.3 Å². The molecule has 0 spiro atoms. The Bertz CT molecular complexity index is 683. The topological polar surface area (TPSA) is 151 Å². The monoisotopic (exact) mass is 326 g/mol. The van der Waals surface area contributed by atoms with Crippen LogP contribution in [-0.4, -0.2) is 43.3 Å². The Labute approximate surface area is 116 Å². The lowest BCUT2D eigenvalue weighted by atomic mass is 10.2. The van der Waals surface area contributed by atoms with E-state index in [1.54, 1.807) is 4.98 Å². The molecular formula is C9H12FN2O8P. The van der Waals surface area contributed by atoms with Crippen LogP contribution in [0.15, 0.2) is 21.9 Å². The Morgan fingerprint density at radius 1 is 1.57 bits per heavy atom. The molecule has 0 unspecified atom stereocenters. The third-order valence-corrected chi connectivity index (χ3v) is 3.36. The lowest BCUT2D eigenvalue weighted by Crippen LogP contribution is -2.47. The third kappa shape index (κ3) is 3.28. The molecule has 1 aliphatic rings. The van der Waals surface area contributed by atoms with Gasteiger partial charge in [0.05, 0.1) is 12.7 Å². The maximum absolute atomic E-state index is 14.9. The number of H-pyrrole nitrogens is 1. The summed E-state index contributed by atoms with van der Waals surface area (Å²) in [5, 5.41) is 8.99. The van der Waals surface area contributed by atoms with Crippen molar-refractivity contribution >= 4 is 7.82 Å². The van der Waals surface area contributed by atoms with Crippen LogP contribution in [0.1, 0.15) is 6.42 Å². The second-order valence-corrected chi connectivity index (χ2v) is 5.52. The van der Waals surface area contributed by atoms with Crippen molar-refractivity contribution < 1.29 is 33.1 Å². The van der Waals surface area contributed by atoms with Crippen molar-refractivity contribution in [3.05, 3.63) is 33.1 Å². The van der Waals surface area contributed by atoms with Gasteiger partial charge in [0, 0.05) is 18.7 Å². The molecule has 0 bridgehead atoms. The Kier molecular flexibility index (Phi) is 4.15. The number of aliphatic hydroxyl groups is 1. The minimum atomic E-state index is -5.07. The summed E-state index contributed by atoms with van der Waals surface area (Å²) in [6, 6.07) is 0.826. The zero-order chi connectivity index (χ0) is 15.8. The van der Waals surface area contributed by atoms with Crippen molar-refractivity contribution in [3.8, 4) is 0 Å². The second-order valence-electron chi connectivity index (χ2n) is 4.33. The van der Waals surface area contributed by atoms with Crippen LogP contribution < -0.4 is 11.2 Å². The number of aromatic amines is 1. The van der Waals surface area contributed by atoms with E-state index >= 15 is 0 Å². The van der Waals surface area contributed by atoms with E-state index in [1.807, 2.05) is 0 Å². The molecule has 2 rings (SSSR count). The number of nitrogens with one attached hydrogen (secondary N) is 1. The molecule has 0 aliphatic carbocycles. The van der Waals surface area contributed by atoms with Crippen LogP contribution >= 0.6 is 7.82 Å². The summed E-state index contributed by atoms with van der Waals surface area (Å²) >= 11 is 0. The van der Waals surface area contributed by atoms with E-state index in [4.69, 9.17) is 19.6 Å². The van der Waals surface area contributed by atoms with Crippen LogP contribution in [0.5, 0.6) is 0 Å². The predicted molar refractivity (Wildman–Crippen MR) is 63.9 cm³/mol. The smallest absolute Gasteiger partial charge is 0.394 e. The van der Waals surface area contributed by atoms with Gasteiger partial charge >= 0.3 is 19.5 Å². The summed E-state index contributed by atoms with van der Waals surface area (Å²) in [5.41, 5.74) is -1.98. The molecule has 0 amide bonds. The highest BCUT2D eigenvalue weighted by Gasteiger charge is 2.55. The van der Waals surface area contributed by atoms with Gasteiger partial charge in [-0.15, -0.1) is 0 Å². The fourth-order valence-electron chi connectivity index (χ4n) is 2.00. The molecule has 10 nitrogen and oxygen atoms in total. The van der Waals surface area contributed by atoms with Crippen LogP contribution in [0.3, 0.4) is 0 Å². The quantitative estimate of drug-likeness (QED) is 0.482. The normalized spacial score (nSPS) is 29.7. The number of alkyl halides is 1. The molecule has 0 aromatic carbocycles. The van der Waals surface area contributed by atoms with Crippen molar-refractivity contribution in [3.63, 3.8) is 0 Å². The van der Waals surface area contributed by atoms with Gasteiger partial charge in [-0.25, -0.2) is 13.9 Å². The molecule has 0 saturated carbocycles. The van der Waals surface area contributed by atoms with Gasteiger partial charge < -0.3 is 19.6 Å². The number of phosphoric ester groups is 1. The van der Waals surface area contributed by atoms with Gasteiger partial charge in [-0.05, 0) is 0 Å². The summed E-state index contributed by atoms with van der Waals surface area (Å²) in [7, 11) is -5.07. The Morgan fingerprint density at radius 3 is 2.76 bits per heavy atom. The Hall–Kier alpha value is -1.36. The molecule has 21 heavy (non-hydrogen) atoms. The van der Waals surface area contributed by atoms with Crippen LogP contribution in [0.25, 0.3) is 0 Å². The average Bonchev–Trinajstić information content (AvgIpc) is 2.64. The van der Waals surface area contributed by atoms with Crippen LogP contribution in [0, 0.1) is 0 Å². The maximum Gasteiger partial charge on any atom is 0.470 e. The van der Waals surface area contributed by atoms with E-state index in [1.165, 1.54) is 0 Å². The van der Waals surface area contributed by atoms with Crippen LogP contribution in [0.2, 0.25) is 0 Å². The van der Waals surface area contributed by atoms with Crippen molar-refractivity contribution in [2.24, 2.45) is 0 Å². The lowest BCUT2D eigenvalue weighted by molar-refractivity contribution is -0.236. The van der Waals surface area contributed by atoms with Crippen LogP contribution in [0.4, 0.5) is 4.39 Å². The predicted octanol–water partition coefficient (Wildman–Crippen LogP) is -1.62. The van der Waals surface area contributed by atoms with Gasteiger partial charge in [0.25, 0.3) is 5.56 Å². The SMILES string of the molecule is O=c1ccn([C@]2(F)O[C@H](CO)C[C@H]2OP(=O)(O)O)c(=O)[nH]1. The lowest BCUT2D eigenvalue weighted by Gasteiger charge is -2.27. The van der Waals surface area contributed by atoms with E-state index in [9.17, 15) is 18.5 Å². The first-order valence-electron chi connectivity index (χ1n) is 5.69. The van der Waals surface area contributed by atoms with Crippen molar-refractivity contribution in [1.82, 2.24) is 9.55 Å². The zero-order valence-electron chi connectivity index (χ0n) is 10.4. The minimum Gasteiger partial charge on any atom is -0.394 e. The molecule has 1 fully saturated rings. The fraction of sp³-hybridized carbons (Fsp3) is 0.556. The molecule has 3 atom stereocenters. The van der Waals surface area contributed by atoms with Gasteiger partial charge in [0.2, 0.25) is 0 Å². The summed E-state index contributed by atoms with van der Waals surface area (Å²) in [4.78, 5) is 41.9. The summed E-state index contributed by atoms with van der Waals surface area (Å²) < 4.78 is 35.2. The molecular weight excluding hydrogens is 314 g/mol. The minimum absolute atomic E-state index is 0.296. The molecule has 1 aromatic heterocycles. The molecule has 118 valence electrons. The summed E-state index contributed by atoms with van der Waals surface area (Å²) in [5.74, 6) is -3.07. The number of nitrogens with zero attached hydrogens (tertiary/aromatic N) is 1. The number of hydrogen-bond acceptors (Lipinski definition) is 6.